The summed E-state index contributed by atoms with van der Waals surface area (Å²) in [5.74, 6) is 0.291. The van der Waals surface area contributed by atoms with Gasteiger partial charge < -0.3 is 9.73 Å². The predicted molar refractivity (Wildman–Crippen MR) is 99.9 cm³/mol. The number of benzene rings is 2. The van der Waals surface area contributed by atoms with E-state index in [0.717, 1.165) is 11.1 Å². The largest absolute Gasteiger partial charge is 0.411 e. The molecule has 1 N–H and O–H groups in total. The van der Waals surface area contributed by atoms with Crippen molar-refractivity contribution in [3.63, 3.8) is 0 Å². The summed E-state index contributed by atoms with van der Waals surface area (Å²) in [7, 11) is 0. The van der Waals surface area contributed by atoms with Crippen LogP contribution in [0.25, 0.3) is 11.5 Å². The maximum Gasteiger partial charge on any atom is 0.277 e. The van der Waals surface area contributed by atoms with E-state index < -0.39 is 0 Å². The van der Waals surface area contributed by atoms with Crippen molar-refractivity contribution in [1.29, 1.82) is 0 Å². The minimum absolute atomic E-state index is 0.150. The lowest BCUT2D eigenvalue weighted by Crippen LogP contribution is -2.22. The van der Waals surface area contributed by atoms with Gasteiger partial charge in [0.2, 0.25) is 11.8 Å². The standard InChI is InChI=1S/C18H16ClN3O2S/c1-11-4-3-5-13(10-11)17-21-22-18(24-17)25-12(2)16(23)20-15-8-6-14(19)7-9-15/h3-10,12H,1-2H3,(H,20,23). The van der Waals surface area contributed by atoms with E-state index in [1.54, 1.807) is 31.2 Å². The lowest BCUT2D eigenvalue weighted by atomic mass is 10.1. The zero-order valence-corrected chi connectivity index (χ0v) is 15.3. The first kappa shape index (κ1) is 17.5. The molecule has 1 amide bonds. The van der Waals surface area contributed by atoms with Crippen LogP contribution >= 0.6 is 23.4 Å². The summed E-state index contributed by atoms with van der Waals surface area (Å²) in [6, 6.07) is 14.8. The fourth-order valence-corrected chi connectivity index (χ4v) is 2.94. The van der Waals surface area contributed by atoms with Crippen LogP contribution in [0.5, 0.6) is 0 Å². The number of nitrogens with one attached hydrogen (secondary N) is 1. The van der Waals surface area contributed by atoms with E-state index in [1.165, 1.54) is 11.8 Å². The van der Waals surface area contributed by atoms with Crippen molar-refractivity contribution in [2.24, 2.45) is 0 Å². The number of carbonyl (C=O) groups is 1. The molecule has 7 heteroatoms. The van der Waals surface area contributed by atoms with Gasteiger partial charge in [-0.25, -0.2) is 0 Å². The van der Waals surface area contributed by atoms with Gasteiger partial charge in [-0.05, 0) is 50.2 Å². The summed E-state index contributed by atoms with van der Waals surface area (Å²) >= 11 is 7.05. The molecule has 0 spiro atoms. The normalized spacial score (nSPS) is 12.0. The second kappa shape index (κ2) is 7.72. The maximum absolute atomic E-state index is 12.3. The molecule has 0 radical (unpaired) electrons. The molecule has 2 aromatic carbocycles. The summed E-state index contributed by atoms with van der Waals surface area (Å²) in [5, 5.41) is 11.5. The Labute approximate surface area is 154 Å². The zero-order valence-electron chi connectivity index (χ0n) is 13.7. The highest BCUT2D eigenvalue weighted by Gasteiger charge is 2.19. The molecule has 1 unspecified atom stereocenters. The minimum atomic E-state index is -0.388. The quantitative estimate of drug-likeness (QED) is 0.649. The van der Waals surface area contributed by atoms with Gasteiger partial charge in [-0.15, -0.1) is 10.2 Å². The number of hydrogen-bond donors (Lipinski definition) is 1. The maximum atomic E-state index is 12.3. The van der Waals surface area contributed by atoms with Crippen LogP contribution in [0.15, 0.2) is 58.2 Å². The third kappa shape index (κ3) is 4.61. The number of thioether (sulfide) groups is 1. The fraction of sp³-hybridized carbons (Fsp3) is 0.167. The topological polar surface area (TPSA) is 68.0 Å². The molecule has 0 bridgehead atoms. The third-order valence-electron chi connectivity index (χ3n) is 3.43. The van der Waals surface area contributed by atoms with Gasteiger partial charge in [0, 0.05) is 16.3 Å². The van der Waals surface area contributed by atoms with Gasteiger partial charge in [0.25, 0.3) is 5.22 Å². The van der Waals surface area contributed by atoms with E-state index in [1.807, 2.05) is 31.2 Å². The van der Waals surface area contributed by atoms with Crippen molar-refractivity contribution in [3.8, 4) is 11.5 Å². The number of amides is 1. The van der Waals surface area contributed by atoms with Gasteiger partial charge in [-0.2, -0.15) is 0 Å². The fourth-order valence-electron chi connectivity index (χ4n) is 2.13. The SMILES string of the molecule is Cc1cccc(-c2nnc(SC(C)C(=O)Nc3ccc(Cl)cc3)o2)c1. The molecule has 0 saturated heterocycles. The molecule has 1 heterocycles. The Bertz CT molecular complexity index is 880. The van der Waals surface area contributed by atoms with Crippen molar-refractivity contribution in [2.45, 2.75) is 24.3 Å². The van der Waals surface area contributed by atoms with Gasteiger partial charge in [-0.3, -0.25) is 4.79 Å². The first-order valence-electron chi connectivity index (χ1n) is 7.65. The van der Waals surface area contributed by atoms with Gasteiger partial charge in [0.1, 0.15) is 0 Å². The monoisotopic (exact) mass is 373 g/mol. The summed E-state index contributed by atoms with van der Waals surface area (Å²) in [6.45, 7) is 3.78. The molecule has 0 aliphatic rings. The number of nitrogens with zero attached hydrogens (tertiary/aromatic N) is 2. The van der Waals surface area contributed by atoms with Crippen LogP contribution < -0.4 is 5.32 Å². The van der Waals surface area contributed by atoms with Gasteiger partial charge in [0.05, 0.1) is 5.25 Å². The van der Waals surface area contributed by atoms with E-state index in [9.17, 15) is 4.79 Å². The number of hydrogen-bond acceptors (Lipinski definition) is 5. The molecule has 0 aliphatic carbocycles. The molecule has 0 aliphatic heterocycles. The highest BCUT2D eigenvalue weighted by atomic mass is 35.5. The van der Waals surface area contributed by atoms with Crippen molar-refractivity contribution >= 4 is 35.0 Å². The number of anilines is 1. The first-order valence-corrected chi connectivity index (χ1v) is 8.90. The van der Waals surface area contributed by atoms with Gasteiger partial charge in [0.15, 0.2) is 0 Å². The van der Waals surface area contributed by atoms with Crippen LogP contribution in [0.3, 0.4) is 0 Å². The van der Waals surface area contributed by atoms with E-state index in [4.69, 9.17) is 16.0 Å². The van der Waals surface area contributed by atoms with E-state index in [2.05, 4.69) is 15.5 Å². The third-order valence-corrected chi connectivity index (χ3v) is 4.62. The van der Waals surface area contributed by atoms with Crippen LogP contribution in [-0.4, -0.2) is 21.4 Å². The summed E-state index contributed by atoms with van der Waals surface area (Å²) < 4.78 is 5.65. The number of carbonyl (C=O) groups excluding carboxylic acids is 1. The Morgan fingerprint density at radius 2 is 1.96 bits per heavy atom. The number of rotatable bonds is 5. The summed E-state index contributed by atoms with van der Waals surface area (Å²) in [4.78, 5) is 12.3. The first-order chi connectivity index (χ1) is 12.0. The highest BCUT2D eigenvalue weighted by Crippen LogP contribution is 2.27. The van der Waals surface area contributed by atoms with Gasteiger partial charge in [-0.1, -0.05) is 41.1 Å². The Hall–Kier alpha value is -2.31. The molecule has 0 fully saturated rings. The predicted octanol–water partition coefficient (Wildman–Crippen LogP) is 4.82. The molecule has 5 nitrogen and oxygen atoms in total. The minimum Gasteiger partial charge on any atom is -0.411 e. The lowest BCUT2D eigenvalue weighted by Gasteiger charge is -2.09. The van der Waals surface area contributed by atoms with Crippen molar-refractivity contribution in [2.75, 3.05) is 5.32 Å². The Morgan fingerprint density at radius 1 is 1.20 bits per heavy atom. The average Bonchev–Trinajstić information content (AvgIpc) is 3.05. The van der Waals surface area contributed by atoms with Crippen molar-refractivity contribution in [1.82, 2.24) is 10.2 Å². The van der Waals surface area contributed by atoms with Crippen LogP contribution in [-0.2, 0) is 4.79 Å². The molecule has 3 rings (SSSR count). The molecule has 1 atom stereocenters. The van der Waals surface area contributed by atoms with Crippen LogP contribution in [0, 0.1) is 6.92 Å². The Morgan fingerprint density at radius 3 is 2.68 bits per heavy atom. The molecule has 3 aromatic rings. The van der Waals surface area contributed by atoms with Gasteiger partial charge >= 0.3 is 0 Å². The lowest BCUT2D eigenvalue weighted by molar-refractivity contribution is -0.115. The van der Waals surface area contributed by atoms with Crippen LogP contribution in [0.4, 0.5) is 5.69 Å². The van der Waals surface area contributed by atoms with Crippen LogP contribution in [0.1, 0.15) is 12.5 Å². The molecular weight excluding hydrogens is 358 g/mol. The smallest absolute Gasteiger partial charge is 0.277 e. The molecule has 0 saturated carbocycles. The summed E-state index contributed by atoms with van der Waals surface area (Å²) in [5.41, 5.74) is 2.66. The number of halogens is 1. The van der Waals surface area contributed by atoms with Crippen molar-refractivity contribution < 1.29 is 9.21 Å². The second-order valence-electron chi connectivity index (χ2n) is 5.50. The number of aromatic nitrogens is 2. The van der Waals surface area contributed by atoms with Crippen molar-refractivity contribution in [3.05, 3.63) is 59.1 Å². The average molecular weight is 374 g/mol. The number of aryl methyl sites for hydroxylation is 1. The highest BCUT2D eigenvalue weighted by molar-refractivity contribution is 8.00. The summed E-state index contributed by atoms with van der Waals surface area (Å²) in [6.07, 6.45) is 0. The molecular formula is C18H16ClN3O2S. The molecule has 1 aromatic heterocycles. The van der Waals surface area contributed by atoms with E-state index >= 15 is 0 Å². The Kier molecular flexibility index (Phi) is 5.40. The Balaban J connectivity index is 1.64. The molecule has 128 valence electrons. The molecule has 25 heavy (non-hydrogen) atoms. The second-order valence-corrected chi connectivity index (χ2v) is 7.23. The van der Waals surface area contributed by atoms with Crippen LogP contribution in [0.2, 0.25) is 5.02 Å². The van der Waals surface area contributed by atoms with E-state index in [0.29, 0.717) is 21.8 Å². The van der Waals surface area contributed by atoms with E-state index in [-0.39, 0.29) is 11.2 Å². The zero-order chi connectivity index (χ0) is 17.8.